The smallest absolute Gasteiger partial charge is 0.325 e. The van der Waals surface area contributed by atoms with Gasteiger partial charge in [0, 0.05) is 18.3 Å². The predicted octanol–water partition coefficient (Wildman–Crippen LogP) is 2.80. The molecule has 2 amide bonds. The molecule has 0 aromatic heterocycles. The van der Waals surface area contributed by atoms with Gasteiger partial charge in [0.25, 0.3) is 11.8 Å². The lowest BCUT2D eigenvalue weighted by atomic mass is 10.2. The first-order valence-corrected chi connectivity index (χ1v) is 9.49. The second-order valence-electron chi connectivity index (χ2n) is 6.36. The van der Waals surface area contributed by atoms with E-state index in [2.05, 4.69) is 12.2 Å². The zero-order chi connectivity index (χ0) is 21.1. The molecule has 154 valence electrons. The fourth-order valence-electron chi connectivity index (χ4n) is 2.38. The molecule has 0 heterocycles. The summed E-state index contributed by atoms with van der Waals surface area (Å²) in [5.74, 6) is -0.771. The van der Waals surface area contributed by atoms with E-state index in [0.717, 1.165) is 12.8 Å². The molecule has 0 saturated heterocycles. The van der Waals surface area contributed by atoms with Gasteiger partial charge in [-0.25, -0.2) is 0 Å². The van der Waals surface area contributed by atoms with E-state index in [4.69, 9.17) is 9.47 Å². The molecule has 2 rings (SSSR count). The molecule has 0 aliphatic rings. The average molecular weight is 398 g/mol. The van der Waals surface area contributed by atoms with Crippen LogP contribution in [-0.4, -0.2) is 44.6 Å². The third-order valence-corrected chi connectivity index (χ3v) is 4.15. The van der Waals surface area contributed by atoms with Crippen LogP contribution < -0.4 is 15.0 Å². The van der Waals surface area contributed by atoms with Crippen LogP contribution >= 0.6 is 0 Å². The van der Waals surface area contributed by atoms with Crippen LogP contribution in [0.1, 0.15) is 30.1 Å². The Morgan fingerprint density at radius 1 is 1.00 bits per heavy atom. The maximum absolute atomic E-state index is 12.1. The number of nitrogens with one attached hydrogen (secondary N) is 1. The highest BCUT2D eigenvalue weighted by atomic mass is 16.5. The molecule has 7 heteroatoms. The van der Waals surface area contributed by atoms with Crippen LogP contribution in [0.4, 0.5) is 5.69 Å². The Morgan fingerprint density at radius 2 is 1.69 bits per heavy atom. The van der Waals surface area contributed by atoms with Crippen LogP contribution in [0.25, 0.3) is 0 Å². The van der Waals surface area contributed by atoms with Gasteiger partial charge in [-0.15, -0.1) is 0 Å². The molecule has 2 aromatic rings. The lowest BCUT2D eigenvalue weighted by molar-refractivity contribution is -0.146. The molecular weight excluding hydrogens is 372 g/mol. The molecule has 1 N–H and O–H groups in total. The minimum atomic E-state index is -0.687. The second kappa shape index (κ2) is 11.5. The van der Waals surface area contributed by atoms with Gasteiger partial charge in [0.15, 0.2) is 6.61 Å². The number of rotatable bonds is 10. The molecule has 0 aliphatic heterocycles. The monoisotopic (exact) mass is 398 g/mol. The quantitative estimate of drug-likeness (QED) is 0.491. The zero-order valence-electron chi connectivity index (χ0n) is 16.7. The molecule has 0 spiro atoms. The lowest BCUT2D eigenvalue weighted by Crippen LogP contribution is -2.34. The van der Waals surface area contributed by atoms with E-state index in [1.165, 1.54) is 4.90 Å². The summed E-state index contributed by atoms with van der Waals surface area (Å²) >= 11 is 0. The van der Waals surface area contributed by atoms with E-state index in [9.17, 15) is 14.4 Å². The predicted molar refractivity (Wildman–Crippen MR) is 110 cm³/mol. The number of carbonyl (C=O) groups is 3. The number of para-hydroxylation sites is 1. The van der Waals surface area contributed by atoms with E-state index in [-0.39, 0.29) is 12.5 Å². The first-order valence-electron chi connectivity index (χ1n) is 9.49. The third kappa shape index (κ3) is 7.29. The first kappa shape index (κ1) is 21.9. The van der Waals surface area contributed by atoms with Crippen LogP contribution in [0.2, 0.25) is 0 Å². The molecular formula is C22H26N2O5. The largest absolute Gasteiger partial charge is 0.494 e. The van der Waals surface area contributed by atoms with E-state index in [1.54, 1.807) is 43.4 Å². The molecule has 0 bridgehead atoms. The Labute approximate surface area is 170 Å². The van der Waals surface area contributed by atoms with E-state index in [1.807, 2.05) is 18.2 Å². The van der Waals surface area contributed by atoms with Crippen molar-refractivity contribution >= 4 is 23.5 Å². The number of carbonyl (C=O) groups excluding carboxylic acids is 3. The van der Waals surface area contributed by atoms with E-state index < -0.39 is 18.5 Å². The zero-order valence-corrected chi connectivity index (χ0v) is 16.7. The maximum Gasteiger partial charge on any atom is 0.325 e. The van der Waals surface area contributed by atoms with Gasteiger partial charge in [-0.2, -0.15) is 0 Å². The van der Waals surface area contributed by atoms with Gasteiger partial charge in [0.2, 0.25) is 0 Å². The molecule has 0 fully saturated rings. The average Bonchev–Trinajstić information content (AvgIpc) is 2.76. The summed E-state index contributed by atoms with van der Waals surface area (Å²) in [6.07, 6.45) is 2.01. The number of unbranched alkanes of at least 4 members (excludes halogenated alkanes) is 1. The van der Waals surface area contributed by atoms with Gasteiger partial charge >= 0.3 is 5.97 Å². The number of hydrogen-bond donors (Lipinski definition) is 1. The normalized spacial score (nSPS) is 10.1. The first-order chi connectivity index (χ1) is 14.0. The van der Waals surface area contributed by atoms with Crippen molar-refractivity contribution in [3.8, 4) is 5.75 Å². The van der Waals surface area contributed by atoms with Gasteiger partial charge in [-0.1, -0.05) is 31.5 Å². The van der Waals surface area contributed by atoms with Crippen molar-refractivity contribution in [1.82, 2.24) is 5.32 Å². The molecule has 0 aliphatic carbocycles. The SMILES string of the molecule is CCCCOc1ccc(C(=O)NCC(=O)OCC(=O)N(C)c2ccccc2)cc1. The Morgan fingerprint density at radius 3 is 2.34 bits per heavy atom. The van der Waals surface area contributed by atoms with E-state index >= 15 is 0 Å². The highest BCUT2D eigenvalue weighted by Gasteiger charge is 2.14. The summed E-state index contributed by atoms with van der Waals surface area (Å²) in [5, 5.41) is 2.48. The van der Waals surface area contributed by atoms with Crippen LogP contribution in [0.15, 0.2) is 54.6 Å². The lowest BCUT2D eigenvalue weighted by Gasteiger charge is -2.17. The summed E-state index contributed by atoms with van der Waals surface area (Å²) in [6, 6.07) is 15.7. The molecule has 0 saturated carbocycles. The van der Waals surface area contributed by atoms with Gasteiger partial charge in [0.05, 0.1) is 6.61 Å². The molecule has 7 nitrogen and oxygen atoms in total. The van der Waals surface area contributed by atoms with Crippen LogP contribution in [0.5, 0.6) is 5.75 Å². The number of ether oxygens (including phenoxy) is 2. The standard InChI is InChI=1S/C22H26N2O5/c1-3-4-14-28-19-12-10-17(11-13-19)22(27)23-15-21(26)29-16-20(25)24(2)18-8-6-5-7-9-18/h5-13H,3-4,14-16H2,1-2H3,(H,23,27). The minimum absolute atomic E-state index is 0.323. The minimum Gasteiger partial charge on any atom is -0.494 e. The van der Waals surface area contributed by atoms with Crippen molar-refractivity contribution in [3.05, 3.63) is 60.2 Å². The van der Waals surface area contributed by atoms with Crippen molar-refractivity contribution in [3.63, 3.8) is 0 Å². The second-order valence-corrected chi connectivity index (χ2v) is 6.36. The maximum atomic E-state index is 12.1. The Balaban J connectivity index is 1.72. The number of benzene rings is 2. The summed E-state index contributed by atoms with van der Waals surface area (Å²) < 4.78 is 10.5. The number of nitrogens with zero attached hydrogens (tertiary/aromatic N) is 1. The highest BCUT2D eigenvalue weighted by Crippen LogP contribution is 2.13. The van der Waals surface area contributed by atoms with Gasteiger partial charge in [0.1, 0.15) is 12.3 Å². The van der Waals surface area contributed by atoms with Crippen LogP contribution in [0.3, 0.4) is 0 Å². The van der Waals surface area contributed by atoms with Crippen molar-refractivity contribution in [2.75, 3.05) is 31.7 Å². The fraction of sp³-hybridized carbons (Fsp3) is 0.318. The van der Waals surface area contributed by atoms with Gasteiger partial charge in [-0.3, -0.25) is 14.4 Å². The van der Waals surface area contributed by atoms with E-state index in [0.29, 0.717) is 23.6 Å². The summed E-state index contributed by atoms with van der Waals surface area (Å²) in [6.45, 7) is 1.99. The van der Waals surface area contributed by atoms with Crippen LogP contribution in [-0.2, 0) is 14.3 Å². The van der Waals surface area contributed by atoms with Crippen molar-refractivity contribution in [1.29, 1.82) is 0 Å². The van der Waals surface area contributed by atoms with Crippen LogP contribution in [0, 0.1) is 0 Å². The Hall–Kier alpha value is -3.35. The topological polar surface area (TPSA) is 84.9 Å². The highest BCUT2D eigenvalue weighted by molar-refractivity contribution is 5.97. The summed E-state index contributed by atoms with van der Waals surface area (Å²) in [4.78, 5) is 37.4. The Kier molecular flexibility index (Phi) is 8.69. The third-order valence-electron chi connectivity index (χ3n) is 4.15. The number of amides is 2. The summed E-state index contributed by atoms with van der Waals surface area (Å²) in [7, 11) is 1.60. The fourth-order valence-corrected chi connectivity index (χ4v) is 2.38. The molecule has 0 atom stereocenters. The molecule has 0 radical (unpaired) electrons. The number of likely N-dealkylation sites (N-methyl/N-ethyl adjacent to an activating group) is 1. The number of esters is 1. The number of anilines is 1. The Bertz CT molecular complexity index is 806. The van der Waals surface area contributed by atoms with Gasteiger partial charge in [-0.05, 0) is 42.8 Å². The van der Waals surface area contributed by atoms with Crippen molar-refractivity contribution in [2.45, 2.75) is 19.8 Å². The van der Waals surface area contributed by atoms with Crippen molar-refractivity contribution < 1.29 is 23.9 Å². The van der Waals surface area contributed by atoms with Crippen molar-refractivity contribution in [2.24, 2.45) is 0 Å². The molecule has 2 aromatic carbocycles. The number of hydrogen-bond acceptors (Lipinski definition) is 5. The molecule has 0 unspecified atom stereocenters. The summed E-state index contributed by atoms with van der Waals surface area (Å²) in [5.41, 5.74) is 1.10. The molecule has 29 heavy (non-hydrogen) atoms. The van der Waals surface area contributed by atoms with Gasteiger partial charge < -0.3 is 19.7 Å².